The van der Waals surface area contributed by atoms with E-state index in [2.05, 4.69) is 10.6 Å². The van der Waals surface area contributed by atoms with Crippen LogP contribution in [0.25, 0.3) is 11.1 Å². The monoisotopic (exact) mass is 566 g/mol. The van der Waals surface area contributed by atoms with E-state index in [1.165, 1.54) is 0 Å². The van der Waals surface area contributed by atoms with E-state index in [0.717, 1.165) is 27.8 Å². The van der Waals surface area contributed by atoms with Crippen LogP contribution < -0.4 is 10.6 Å². The summed E-state index contributed by atoms with van der Waals surface area (Å²) >= 11 is 0. The lowest BCUT2D eigenvalue weighted by molar-refractivity contribution is -0.147. The zero-order valence-corrected chi connectivity index (χ0v) is 23.3. The maximum atomic E-state index is 13.4. The van der Waals surface area contributed by atoms with Crippen LogP contribution in [0.3, 0.4) is 0 Å². The topological polar surface area (TPSA) is 132 Å². The number of hydrogen-bond donors (Lipinski definition) is 3. The second kappa shape index (κ2) is 12.9. The number of alkyl carbamates (subject to hydrolysis) is 1. The van der Waals surface area contributed by atoms with E-state index < -0.39 is 29.6 Å². The number of nitrogens with zero attached hydrogens (tertiary/aromatic N) is 2. The van der Waals surface area contributed by atoms with Crippen molar-refractivity contribution < 1.29 is 24.2 Å². The average molecular weight is 567 g/mol. The molecule has 3 aromatic rings. The molecule has 9 nitrogen and oxygen atoms in total. The number of carbonyl (C=O) groups excluding carboxylic acids is 2. The Morgan fingerprint density at radius 2 is 1.64 bits per heavy atom. The van der Waals surface area contributed by atoms with Gasteiger partial charge in [0.1, 0.15) is 12.6 Å². The minimum absolute atomic E-state index is 0.0832. The summed E-state index contributed by atoms with van der Waals surface area (Å²) in [5.74, 6) is -1.87. The Kier molecular flexibility index (Phi) is 8.84. The summed E-state index contributed by atoms with van der Waals surface area (Å²) in [6.45, 7) is 1.29. The predicted octanol–water partition coefficient (Wildman–Crippen LogP) is 4.43. The number of unbranched alkanes of at least 4 members (excludes halogenated alkanes) is 1. The van der Waals surface area contributed by atoms with Gasteiger partial charge in [0, 0.05) is 32.0 Å². The number of carboxylic acid groups (broad SMARTS) is 1. The molecule has 216 valence electrons. The molecule has 0 bridgehead atoms. The van der Waals surface area contributed by atoms with E-state index in [4.69, 9.17) is 10.00 Å². The van der Waals surface area contributed by atoms with Gasteiger partial charge in [-0.25, -0.2) is 9.59 Å². The molecular weight excluding hydrogens is 532 g/mol. The van der Waals surface area contributed by atoms with Crippen molar-refractivity contribution in [1.29, 1.82) is 5.26 Å². The van der Waals surface area contributed by atoms with Crippen molar-refractivity contribution in [2.45, 2.75) is 49.7 Å². The van der Waals surface area contributed by atoms with Crippen molar-refractivity contribution in [1.82, 2.24) is 15.5 Å². The van der Waals surface area contributed by atoms with Gasteiger partial charge in [-0.1, -0.05) is 78.9 Å². The highest BCUT2D eigenvalue weighted by Crippen LogP contribution is 2.44. The van der Waals surface area contributed by atoms with Gasteiger partial charge in [-0.15, -0.1) is 0 Å². The molecule has 0 aromatic heterocycles. The fourth-order valence-electron chi connectivity index (χ4n) is 5.95. The van der Waals surface area contributed by atoms with Gasteiger partial charge in [0.15, 0.2) is 5.54 Å². The van der Waals surface area contributed by atoms with Crippen molar-refractivity contribution in [2.75, 3.05) is 19.7 Å². The van der Waals surface area contributed by atoms with Gasteiger partial charge in [-0.3, -0.25) is 9.69 Å². The Morgan fingerprint density at radius 1 is 1.00 bits per heavy atom. The maximum absolute atomic E-state index is 13.4. The molecular formula is C33H34N4O5. The zero-order valence-electron chi connectivity index (χ0n) is 23.3. The quantitative estimate of drug-likeness (QED) is 0.293. The number of aliphatic carboxylic acids is 1. The number of amides is 2. The highest BCUT2D eigenvalue weighted by molar-refractivity contribution is 5.91. The Balaban J connectivity index is 1.24. The first-order valence-corrected chi connectivity index (χ1v) is 14.2. The van der Waals surface area contributed by atoms with Gasteiger partial charge < -0.3 is 20.5 Å². The molecule has 5 rings (SSSR count). The lowest BCUT2D eigenvalue weighted by atomic mass is 9.97. The zero-order chi connectivity index (χ0) is 29.5. The molecule has 1 aliphatic heterocycles. The molecule has 3 N–H and O–H groups in total. The maximum Gasteiger partial charge on any atom is 0.407 e. The number of carbonyl (C=O) groups is 3. The number of carboxylic acids is 1. The number of likely N-dealkylation sites (tertiary alicyclic amines) is 1. The second-order valence-corrected chi connectivity index (χ2v) is 10.9. The average Bonchev–Trinajstić information content (AvgIpc) is 3.55. The molecule has 3 aromatic carbocycles. The summed E-state index contributed by atoms with van der Waals surface area (Å²) in [5, 5.41) is 24.5. The van der Waals surface area contributed by atoms with Crippen LogP contribution in [0.15, 0.2) is 78.9 Å². The minimum Gasteiger partial charge on any atom is -0.479 e. The summed E-state index contributed by atoms with van der Waals surface area (Å²) in [6.07, 6.45) is 0.197. The van der Waals surface area contributed by atoms with Crippen molar-refractivity contribution in [2.24, 2.45) is 0 Å². The summed E-state index contributed by atoms with van der Waals surface area (Å²) in [4.78, 5) is 40.8. The molecule has 2 atom stereocenters. The molecule has 0 spiro atoms. The number of hydrogen-bond acceptors (Lipinski definition) is 6. The highest BCUT2D eigenvalue weighted by Gasteiger charge is 2.47. The molecule has 2 unspecified atom stereocenters. The van der Waals surface area contributed by atoms with Gasteiger partial charge in [-0.05, 0) is 47.1 Å². The Morgan fingerprint density at radius 3 is 2.29 bits per heavy atom. The molecule has 0 saturated carbocycles. The van der Waals surface area contributed by atoms with Crippen LogP contribution >= 0.6 is 0 Å². The Hall–Kier alpha value is -4.68. The van der Waals surface area contributed by atoms with E-state index in [1.807, 2.05) is 89.8 Å². The van der Waals surface area contributed by atoms with E-state index in [9.17, 15) is 19.5 Å². The summed E-state index contributed by atoms with van der Waals surface area (Å²) in [6, 6.07) is 26.7. The smallest absolute Gasteiger partial charge is 0.407 e. The van der Waals surface area contributed by atoms with Crippen molar-refractivity contribution in [3.05, 3.63) is 95.6 Å². The highest BCUT2D eigenvalue weighted by atomic mass is 16.5. The van der Waals surface area contributed by atoms with Gasteiger partial charge in [0.25, 0.3) is 0 Å². The molecule has 1 fully saturated rings. The molecule has 1 aliphatic carbocycles. The van der Waals surface area contributed by atoms with Crippen molar-refractivity contribution >= 4 is 18.0 Å². The number of fused-ring (bicyclic) bond motifs is 3. The van der Waals surface area contributed by atoms with Crippen LogP contribution in [0.2, 0.25) is 0 Å². The van der Waals surface area contributed by atoms with Crippen molar-refractivity contribution in [3.8, 4) is 17.2 Å². The number of nitriles is 1. The first kappa shape index (κ1) is 28.8. The van der Waals surface area contributed by atoms with E-state index >= 15 is 0 Å². The van der Waals surface area contributed by atoms with Gasteiger partial charge in [0.05, 0.1) is 6.07 Å². The van der Waals surface area contributed by atoms with E-state index in [-0.39, 0.29) is 38.3 Å². The molecule has 2 amide bonds. The third-order valence-corrected chi connectivity index (χ3v) is 8.10. The number of rotatable bonds is 11. The molecule has 42 heavy (non-hydrogen) atoms. The lowest BCUT2D eigenvalue weighted by Gasteiger charge is -2.29. The first-order valence-electron chi connectivity index (χ1n) is 14.2. The summed E-state index contributed by atoms with van der Waals surface area (Å²) < 4.78 is 5.63. The lowest BCUT2D eigenvalue weighted by Crippen LogP contribution is -2.60. The number of nitrogens with one attached hydrogen (secondary N) is 2. The van der Waals surface area contributed by atoms with Crippen LogP contribution in [0.4, 0.5) is 4.79 Å². The predicted molar refractivity (Wildman–Crippen MR) is 156 cm³/mol. The van der Waals surface area contributed by atoms with E-state index in [1.54, 1.807) is 0 Å². The third kappa shape index (κ3) is 6.29. The van der Waals surface area contributed by atoms with Gasteiger partial charge >= 0.3 is 12.1 Å². The third-order valence-electron chi connectivity index (χ3n) is 8.10. The van der Waals surface area contributed by atoms with Crippen molar-refractivity contribution in [3.63, 3.8) is 0 Å². The molecule has 1 heterocycles. The molecule has 2 aliphatic rings. The molecule has 0 radical (unpaired) electrons. The van der Waals surface area contributed by atoms with Gasteiger partial charge in [-0.2, -0.15) is 5.26 Å². The normalized spacial score (nSPS) is 18.4. The SMILES string of the molecule is N#CCCCC(NC(=O)OCC1c2ccccc2-c2ccccc21)C(=O)NC1(C(=O)O)CCN(Cc2ccccc2)C1. The standard InChI is InChI=1S/C33H34N4O5/c34-18-9-8-16-29(30(38)36-33(31(39)40)17-19-37(22-33)20-23-10-2-1-3-11-23)35-32(41)42-21-28-26-14-6-4-12-24(26)25-13-5-7-15-27(25)28/h1-7,10-15,28-29H,8-9,16-17,19-22H2,(H,35,41)(H,36,38)(H,39,40). The van der Waals surface area contributed by atoms with E-state index in [0.29, 0.717) is 19.5 Å². The van der Waals surface area contributed by atoms with Crippen LogP contribution in [-0.2, 0) is 20.9 Å². The van der Waals surface area contributed by atoms with Crippen LogP contribution in [0.1, 0.15) is 48.3 Å². The number of ether oxygens (including phenoxy) is 1. The Bertz CT molecular complexity index is 1440. The van der Waals surface area contributed by atoms with Crippen LogP contribution in [0.5, 0.6) is 0 Å². The fraction of sp³-hybridized carbons (Fsp3) is 0.333. The first-order chi connectivity index (χ1) is 20.4. The molecule has 9 heteroatoms. The van der Waals surface area contributed by atoms with Gasteiger partial charge in [0.2, 0.25) is 5.91 Å². The molecule has 1 saturated heterocycles. The fourth-order valence-corrected chi connectivity index (χ4v) is 5.95. The minimum atomic E-state index is -1.48. The summed E-state index contributed by atoms with van der Waals surface area (Å²) in [5.41, 5.74) is 3.91. The Labute approximate surface area is 245 Å². The number of benzene rings is 3. The van der Waals surface area contributed by atoms with Crippen LogP contribution in [-0.4, -0.2) is 59.3 Å². The largest absolute Gasteiger partial charge is 0.479 e. The summed E-state index contributed by atoms with van der Waals surface area (Å²) in [7, 11) is 0. The van der Waals surface area contributed by atoms with Crippen LogP contribution in [0, 0.1) is 11.3 Å². The second-order valence-electron chi connectivity index (χ2n) is 10.9.